The molecule has 3 N–H and O–H groups in total. The van der Waals surface area contributed by atoms with Gasteiger partial charge in [-0.2, -0.15) is 0 Å². The number of imidazole rings is 1. The number of benzene rings is 1. The Labute approximate surface area is 120 Å². The molecule has 6 nitrogen and oxygen atoms in total. The SMILES string of the molecule is Nc1ncnc2c1ncn2CCc1cc2ccccc2[nH]1. The van der Waals surface area contributed by atoms with E-state index < -0.39 is 0 Å². The molecule has 4 aromatic rings. The second-order valence-electron chi connectivity index (χ2n) is 5.00. The van der Waals surface area contributed by atoms with E-state index in [9.17, 15) is 0 Å². The van der Waals surface area contributed by atoms with Crippen LogP contribution in [0.15, 0.2) is 43.0 Å². The molecule has 0 radical (unpaired) electrons. The van der Waals surface area contributed by atoms with Crippen molar-refractivity contribution >= 4 is 27.9 Å². The lowest BCUT2D eigenvalue weighted by atomic mass is 10.2. The highest BCUT2D eigenvalue weighted by atomic mass is 15.1. The van der Waals surface area contributed by atoms with Crippen LogP contribution >= 0.6 is 0 Å². The Bertz CT molecular complexity index is 887. The van der Waals surface area contributed by atoms with Crippen LogP contribution in [-0.2, 0) is 13.0 Å². The number of nitrogens with zero attached hydrogens (tertiary/aromatic N) is 4. The van der Waals surface area contributed by atoms with Crippen molar-refractivity contribution in [2.75, 3.05) is 5.73 Å². The first-order valence-corrected chi connectivity index (χ1v) is 6.79. The average Bonchev–Trinajstić information content (AvgIpc) is 3.09. The number of hydrogen-bond acceptors (Lipinski definition) is 4. The second kappa shape index (κ2) is 4.59. The lowest BCUT2D eigenvalue weighted by Crippen LogP contribution is -2.02. The number of fused-ring (bicyclic) bond motifs is 2. The van der Waals surface area contributed by atoms with Crippen molar-refractivity contribution in [3.8, 4) is 0 Å². The minimum atomic E-state index is 0.421. The molecule has 6 heteroatoms. The fraction of sp³-hybridized carbons (Fsp3) is 0.133. The summed E-state index contributed by atoms with van der Waals surface area (Å²) in [5.41, 5.74) is 9.59. The second-order valence-corrected chi connectivity index (χ2v) is 5.00. The Morgan fingerprint density at radius 3 is 2.95 bits per heavy atom. The molecule has 0 aliphatic rings. The molecule has 0 fully saturated rings. The van der Waals surface area contributed by atoms with E-state index >= 15 is 0 Å². The third-order valence-corrected chi connectivity index (χ3v) is 3.64. The van der Waals surface area contributed by atoms with Crippen LogP contribution in [0.4, 0.5) is 5.82 Å². The Kier molecular flexibility index (Phi) is 2.60. The van der Waals surface area contributed by atoms with Crippen LogP contribution in [0.2, 0.25) is 0 Å². The first-order chi connectivity index (χ1) is 10.3. The van der Waals surface area contributed by atoms with E-state index in [1.807, 2.05) is 16.7 Å². The van der Waals surface area contributed by atoms with Gasteiger partial charge in [0.15, 0.2) is 11.5 Å². The molecule has 3 aromatic heterocycles. The van der Waals surface area contributed by atoms with Crippen molar-refractivity contribution in [2.24, 2.45) is 0 Å². The highest BCUT2D eigenvalue weighted by Gasteiger charge is 2.08. The minimum absolute atomic E-state index is 0.421. The molecule has 21 heavy (non-hydrogen) atoms. The summed E-state index contributed by atoms with van der Waals surface area (Å²) in [4.78, 5) is 15.9. The summed E-state index contributed by atoms with van der Waals surface area (Å²) in [6.07, 6.45) is 4.11. The third-order valence-electron chi connectivity index (χ3n) is 3.64. The number of hydrogen-bond donors (Lipinski definition) is 2. The van der Waals surface area contributed by atoms with Gasteiger partial charge in [-0.05, 0) is 17.5 Å². The Morgan fingerprint density at radius 1 is 1.14 bits per heavy atom. The molecule has 0 saturated heterocycles. The number of anilines is 1. The van der Waals surface area contributed by atoms with Gasteiger partial charge in [0.05, 0.1) is 6.33 Å². The number of nitrogen functional groups attached to an aromatic ring is 1. The average molecular weight is 278 g/mol. The quantitative estimate of drug-likeness (QED) is 0.601. The van der Waals surface area contributed by atoms with E-state index in [-0.39, 0.29) is 0 Å². The molecule has 0 aliphatic heterocycles. The summed E-state index contributed by atoms with van der Waals surface area (Å²) in [6.45, 7) is 0.791. The monoisotopic (exact) mass is 278 g/mol. The van der Waals surface area contributed by atoms with Crippen molar-refractivity contribution in [1.29, 1.82) is 0 Å². The molecular formula is C15H14N6. The van der Waals surface area contributed by atoms with Crippen LogP contribution < -0.4 is 5.73 Å². The molecule has 0 atom stereocenters. The topological polar surface area (TPSA) is 85.4 Å². The van der Waals surface area contributed by atoms with Gasteiger partial charge in [0.1, 0.15) is 11.8 Å². The summed E-state index contributed by atoms with van der Waals surface area (Å²) in [5.74, 6) is 0.421. The predicted octanol–water partition coefficient (Wildman–Crippen LogP) is 2.13. The van der Waals surface area contributed by atoms with Gasteiger partial charge in [0, 0.05) is 24.2 Å². The maximum atomic E-state index is 5.79. The highest BCUT2D eigenvalue weighted by molar-refractivity contribution is 5.81. The largest absolute Gasteiger partial charge is 0.382 e. The maximum Gasteiger partial charge on any atom is 0.165 e. The van der Waals surface area contributed by atoms with Crippen molar-refractivity contribution in [2.45, 2.75) is 13.0 Å². The lowest BCUT2D eigenvalue weighted by molar-refractivity contribution is 0.701. The zero-order valence-electron chi connectivity index (χ0n) is 11.3. The normalized spacial score (nSPS) is 11.4. The molecular weight excluding hydrogens is 264 g/mol. The number of nitrogens with two attached hydrogens (primary N) is 1. The van der Waals surface area contributed by atoms with E-state index in [0.717, 1.165) is 24.1 Å². The van der Waals surface area contributed by atoms with Gasteiger partial charge in [-0.1, -0.05) is 18.2 Å². The van der Waals surface area contributed by atoms with Gasteiger partial charge in [-0.3, -0.25) is 0 Å². The molecule has 0 bridgehead atoms. The number of aromatic nitrogens is 5. The van der Waals surface area contributed by atoms with Gasteiger partial charge in [0.2, 0.25) is 0 Å². The van der Waals surface area contributed by atoms with E-state index in [1.165, 1.54) is 17.4 Å². The molecule has 0 spiro atoms. The summed E-state index contributed by atoms with van der Waals surface area (Å²) >= 11 is 0. The van der Waals surface area contributed by atoms with Crippen LogP contribution in [-0.4, -0.2) is 24.5 Å². The van der Waals surface area contributed by atoms with Crippen molar-refractivity contribution in [3.05, 3.63) is 48.7 Å². The zero-order chi connectivity index (χ0) is 14.2. The van der Waals surface area contributed by atoms with Gasteiger partial charge in [0.25, 0.3) is 0 Å². The number of rotatable bonds is 3. The number of aromatic amines is 1. The number of para-hydroxylation sites is 1. The van der Waals surface area contributed by atoms with Gasteiger partial charge >= 0.3 is 0 Å². The molecule has 0 amide bonds. The molecule has 1 aromatic carbocycles. The van der Waals surface area contributed by atoms with Crippen LogP contribution in [0.5, 0.6) is 0 Å². The third kappa shape index (κ3) is 2.01. The maximum absolute atomic E-state index is 5.79. The Hall–Kier alpha value is -2.89. The van der Waals surface area contributed by atoms with Crippen LogP contribution in [0.25, 0.3) is 22.1 Å². The fourth-order valence-corrected chi connectivity index (χ4v) is 2.57. The molecule has 0 saturated carbocycles. The predicted molar refractivity (Wildman–Crippen MR) is 81.7 cm³/mol. The van der Waals surface area contributed by atoms with Crippen molar-refractivity contribution < 1.29 is 0 Å². The summed E-state index contributed by atoms with van der Waals surface area (Å²) < 4.78 is 2.00. The minimum Gasteiger partial charge on any atom is -0.382 e. The molecule has 3 heterocycles. The van der Waals surface area contributed by atoms with Crippen LogP contribution in [0, 0.1) is 0 Å². The van der Waals surface area contributed by atoms with Gasteiger partial charge in [-0.15, -0.1) is 0 Å². The Morgan fingerprint density at radius 2 is 2.05 bits per heavy atom. The standard InChI is InChI=1S/C15H14N6/c16-14-13-15(18-8-17-14)21(9-19-13)6-5-11-7-10-3-1-2-4-12(10)20-11/h1-4,7-9,20H,5-6H2,(H2,16,17,18). The molecule has 0 unspecified atom stereocenters. The van der Waals surface area contributed by atoms with E-state index in [2.05, 4.69) is 38.1 Å². The summed E-state index contributed by atoms with van der Waals surface area (Å²) in [6, 6.07) is 10.4. The Balaban J connectivity index is 1.62. The van der Waals surface area contributed by atoms with E-state index in [4.69, 9.17) is 5.73 Å². The zero-order valence-corrected chi connectivity index (χ0v) is 11.3. The summed E-state index contributed by atoms with van der Waals surface area (Å²) in [5, 5.41) is 1.23. The van der Waals surface area contributed by atoms with Crippen LogP contribution in [0.3, 0.4) is 0 Å². The van der Waals surface area contributed by atoms with Gasteiger partial charge < -0.3 is 15.3 Å². The molecule has 0 aliphatic carbocycles. The van der Waals surface area contributed by atoms with E-state index in [0.29, 0.717) is 11.3 Å². The van der Waals surface area contributed by atoms with Crippen molar-refractivity contribution in [3.63, 3.8) is 0 Å². The smallest absolute Gasteiger partial charge is 0.165 e. The van der Waals surface area contributed by atoms with Crippen molar-refractivity contribution in [1.82, 2.24) is 24.5 Å². The number of H-pyrrole nitrogens is 1. The van der Waals surface area contributed by atoms with E-state index in [1.54, 1.807) is 6.33 Å². The first-order valence-electron chi connectivity index (χ1n) is 6.79. The number of aryl methyl sites for hydroxylation is 2. The fourth-order valence-electron chi connectivity index (χ4n) is 2.57. The first kappa shape index (κ1) is 11.9. The number of nitrogens with one attached hydrogen (secondary N) is 1. The molecule has 4 rings (SSSR count). The highest BCUT2D eigenvalue weighted by Crippen LogP contribution is 2.17. The van der Waals surface area contributed by atoms with Crippen LogP contribution in [0.1, 0.15) is 5.69 Å². The lowest BCUT2D eigenvalue weighted by Gasteiger charge is -2.02. The molecule has 104 valence electrons. The summed E-state index contributed by atoms with van der Waals surface area (Å²) in [7, 11) is 0. The van der Waals surface area contributed by atoms with Gasteiger partial charge in [-0.25, -0.2) is 15.0 Å².